The van der Waals surface area contributed by atoms with Gasteiger partial charge in [0.1, 0.15) is 0 Å². The molecule has 0 atom stereocenters. The first-order valence-corrected chi connectivity index (χ1v) is 15.5. The summed E-state index contributed by atoms with van der Waals surface area (Å²) in [6, 6.07) is 18.5. The van der Waals surface area contributed by atoms with Crippen LogP contribution in [-0.4, -0.2) is 21.5 Å². The van der Waals surface area contributed by atoms with Gasteiger partial charge < -0.3 is 10.2 Å². The van der Waals surface area contributed by atoms with E-state index in [0.29, 0.717) is 5.69 Å². The molecule has 0 radical (unpaired) electrons. The van der Waals surface area contributed by atoms with Crippen molar-refractivity contribution >= 4 is 32.8 Å². The van der Waals surface area contributed by atoms with Gasteiger partial charge in [-0.1, -0.05) is 70.6 Å². The molecule has 0 aliphatic heterocycles. The van der Waals surface area contributed by atoms with Crippen LogP contribution >= 0.6 is 0 Å². The summed E-state index contributed by atoms with van der Waals surface area (Å²) in [5.41, 5.74) is 0.350. The third-order valence-electron chi connectivity index (χ3n) is 6.71. The maximum atomic E-state index is 13.9. The molecule has 0 amide bonds. The zero-order chi connectivity index (χ0) is 29.0. The Labute approximate surface area is 236 Å². The Balaban J connectivity index is 1.75. The number of sulfonamides is 1. The minimum atomic E-state index is -4.76. The van der Waals surface area contributed by atoms with Crippen LogP contribution in [0.4, 0.5) is 35.9 Å². The number of nitrogens with zero attached hydrogens (tertiary/aromatic N) is 1. The monoisotopic (exact) mass is 575 g/mol. The first kappa shape index (κ1) is 31.3. The van der Waals surface area contributed by atoms with Crippen LogP contribution in [0.15, 0.2) is 77.7 Å². The Kier molecular flexibility index (Phi) is 11.7. The van der Waals surface area contributed by atoms with E-state index in [1.807, 2.05) is 24.3 Å². The minimum absolute atomic E-state index is 0.116. The molecule has 0 unspecified atom stereocenters. The zero-order valence-electron chi connectivity index (χ0n) is 23.3. The van der Waals surface area contributed by atoms with Crippen LogP contribution in [0.25, 0.3) is 0 Å². The standard InChI is InChI=1S/C31H40F3N3O2S/c1-3-5-7-12-22-37(23-13-8-6-4-2)27-19-16-25(17-20-27)35-26-18-21-30(29(24-26)31(32,33)34)36-40(38,39)28-14-10-9-11-15-28/h9-11,14-21,24,35-36H,3-8,12-13,22-23H2,1-2H3. The fraction of sp³-hybridized carbons (Fsp3) is 0.419. The van der Waals surface area contributed by atoms with Crippen molar-refractivity contribution in [3.05, 3.63) is 78.4 Å². The molecule has 3 aromatic rings. The van der Waals surface area contributed by atoms with E-state index in [1.165, 1.54) is 68.9 Å². The lowest BCUT2D eigenvalue weighted by Crippen LogP contribution is -2.25. The molecule has 2 N–H and O–H groups in total. The van der Waals surface area contributed by atoms with Gasteiger partial charge in [-0.05, 0) is 67.4 Å². The first-order valence-electron chi connectivity index (χ1n) is 14.0. The molecule has 0 saturated carbocycles. The highest BCUT2D eigenvalue weighted by molar-refractivity contribution is 7.92. The number of nitrogens with one attached hydrogen (secondary N) is 2. The lowest BCUT2D eigenvalue weighted by Gasteiger charge is -2.25. The van der Waals surface area contributed by atoms with Crippen LogP contribution in [0, 0.1) is 0 Å². The summed E-state index contributed by atoms with van der Waals surface area (Å²) in [4.78, 5) is 2.28. The molecule has 0 aliphatic carbocycles. The molecule has 3 aromatic carbocycles. The maximum Gasteiger partial charge on any atom is 0.418 e. The second-order valence-electron chi connectivity index (χ2n) is 9.96. The molecule has 5 nitrogen and oxygen atoms in total. The molecule has 9 heteroatoms. The largest absolute Gasteiger partial charge is 0.418 e. The summed E-state index contributed by atoms with van der Waals surface area (Å²) in [6.07, 6.45) is 4.70. The Morgan fingerprint density at radius 1 is 0.725 bits per heavy atom. The quantitative estimate of drug-likeness (QED) is 0.167. The van der Waals surface area contributed by atoms with Crippen LogP contribution in [0.2, 0.25) is 0 Å². The van der Waals surface area contributed by atoms with Crippen LogP contribution < -0.4 is 14.9 Å². The number of hydrogen-bond donors (Lipinski definition) is 2. The number of alkyl halides is 3. The molecule has 3 rings (SSSR count). The summed E-state index contributed by atoms with van der Waals surface area (Å²) >= 11 is 0. The average Bonchev–Trinajstić information content (AvgIpc) is 2.93. The Morgan fingerprint density at radius 3 is 1.85 bits per heavy atom. The van der Waals surface area contributed by atoms with E-state index in [2.05, 4.69) is 28.8 Å². The number of anilines is 4. The van der Waals surface area contributed by atoms with Crippen LogP contribution in [0.5, 0.6) is 0 Å². The Morgan fingerprint density at radius 2 is 1.30 bits per heavy atom. The summed E-state index contributed by atoms with van der Waals surface area (Å²) in [5.74, 6) is 0. The van der Waals surface area contributed by atoms with Crippen molar-refractivity contribution in [1.82, 2.24) is 0 Å². The van der Waals surface area contributed by atoms with Crippen molar-refractivity contribution in [3.63, 3.8) is 0 Å². The topological polar surface area (TPSA) is 61.4 Å². The van der Waals surface area contributed by atoms with Gasteiger partial charge in [-0.25, -0.2) is 8.42 Å². The molecular formula is C31H40F3N3O2S. The summed E-state index contributed by atoms with van der Waals surface area (Å²) < 4.78 is 69.1. The van der Waals surface area contributed by atoms with Crippen LogP contribution in [0.1, 0.15) is 70.8 Å². The summed E-state index contributed by atoms with van der Waals surface area (Å²) in [7, 11) is -4.18. The second kappa shape index (κ2) is 15.0. The highest BCUT2D eigenvalue weighted by Crippen LogP contribution is 2.38. The molecule has 0 saturated heterocycles. The van der Waals surface area contributed by atoms with Gasteiger partial charge in [-0.15, -0.1) is 0 Å². The van der Waals surface area contributed by atoms with E-state index in [0.717, 1.165) is 43.8 Å². The van der Waals surface area contributed by atoms with Gasteiger partial charge >= 0.3 is 6.18 Å². The van der Waals surface area contributed by atoms with Gasteiger partial charge in [0.2, 0.25) is 0 Å². The van der Waals surface area contributed by atoms with E-state index < -0.39 is 27.5 Å². The summed E-state index contributed by atoms with van der Waals surface area (Å²) in [5, 5.41) is 3.03. The van der Waals surface area contributed by atoms with Crippen molar-refractivity contribution in [2.75, 3.05) is 28.0 Å². The van der Waals surface area contributed by atoms with Gasteiger partial charge in [-0.3, -0.25) is 4.72 Å². The molecular weight excluding hydrogens is 535 g/mol. The van der Waals surface area contributed by atoms with Crippen molar-refractivity contribution < 1.29 is 21.6 Å². The summed E-state index contributed by atoms with van der Waals surface area (Å²) in [6.45, 7) is 6.35. The van der Waals surface area contributed by atoms with Gasteiger partial charge in [0, 0.05) is 30.2 Å². The normalized spacial score (nSPS) is 11.8. The maximum absolute atomic E-state index is 13.9. The van der Waals surface area contributed by atoms with E-state index in [-0.39, 0.29) is 10.6 Å². The van der Waals surface area contributed by atoms with E-state index in [1.54, 1.807) is 6.07 Å². The number of benzene rings is 3. The minimum Gasteiger partial charge on any atom is -0.372 e. The number of unbranched alkanes of at least 4 members (excludes halogenated alkanes) is 6. The van der Waals surface area contributed by atoms with E-state index in [4.69, 9.17) is 0 Å². The van der Waals surface area contributed by atoms with Crippen molar-refractivity contribution in [1.29, 1.82) is 0 Å². The predicted octanol–water partition coefficient (Wildman–Crippen LogP) is 9.22. The van der Waals surface area contributed by atoms with Crippen molar-refractivity contribution in [2.24, 2.45) is 0 Å². The fourth-order valence-electron chi connectivity index (χ4n) is 4.50. The molecule has 0 bridgehead atoms. The lowest BCUT2D eigenvalue weighted by molar-refractivity contribution is -0.136. The predicted molar refractivity (Wildman–Crippen MR) is 159 cm³/mol. The Bertz CT molecular complexity index is 1270. The van der Waals surface area contributed by atoms with E-state index in [9.17, 15) is 21.6 Å². The molecule has 0 aromatic heterocycles. The SMILES string of the molecule is CCCCCCN(CCCCCC)c1ccc(Nc2ccc(NS(=O)(=O)c3ccccc3)c(C(F)(F)F)c2)cc1. The first-order chi connectivity index (χ1) is 19.1. The molecule has 40 heavy (non-hydrogen) atoms. The molecule has 0 spiro atoms. The molecule has 218 valence electrons. The number of hydrogen-bond acceptors (Lipinski definition) is 4. The van der Waals surface area contributed by atoms with Gasteiger partial charge in [0.15, 0.2) is 0 Å². The van der Waals surface area contributed by atoms with Crippen LogP contribution in [-0.2, 0) is 16.2 Å². The molecule has 0 aliphatic rings. The van der Waals surface area contributed by atoms with E-state index >= 15 is 0 Å². The van der Waals surface area contributed by atoms with Gasteiger partial charge in [-0.2, -0.15) is 13.2 Å². The molecule has 0 heterocycles. The number of rotatable bonds is 16. The lowest BCUT2D eigenvalue weighted by atomic mass is 10.1. The van der Waals surface area contributed by atoms with Gasteiger partial charge in [0.05, 0.1) is 16.1 Å². The highest BCUT2D eigenvalue weighted by Gasteiger charge is 2.35. The van der Waals surface area contributed by atoms with Crippen LogP contribution in [0.3, 0.4) is 0 Å². The smallest absolute Gasteiger partial charge is 0.372 e. The Hall–Kier alpha value is -3.20. The van der Waals surface area contributed by atoms with Gasteiger partial charge in [0.25, 0.3) is 10.0 Å². The zero-order valence-corrected chi connectivity index (χ0v) is 24.1. The van der Waals surface area contributed by atoms with Crippen molar-refractivity contribution in [2.45, 2.75) is 76.3 Å². The third-order valence-corrected chi connectivity index (χ3v) is 8.09. The third kappa shape index (κ3) is 9.47. The number of halogens is 3. The highest BCUT2D eigenvalue weighted by atomic mass is 32.2. The fourth-order valence-corrected chi connectivity index (χ4v) is 5.60. The average molecular weight is 576 g/mol. The van der Waals surface area contributed by atoms with Crippen molar-refractivity contribution in [3.8, 4) is 0 Å². The second-order valence-corrected chi connectivity index (χ2v) is 11.6. The molecule has 0 fully saturated rings.